The van der Waals surface area contributed by atoms with Crippen molar-refractivity contribution in [3.05, 3.63) is 29.6 Å². The van der Waals surface area contributed by atoms with E-state index in [0.717, 1.165) is 6.07 Å². The van der Waals surface area contributed by atoms with Gasteiger partial charge >= 0.3 is 5.92 Å². The first kappa shape index (κ1) is 9.03. The van der Waals surface area contributed by atoms with E-state index in [-0.39, 0.29) is 5.56 Å². The zero-order valence-corrected chi connectivity index (χ0v) is 6.52. The Bertz CT molecular complexity index is 273. The van der Waals surface area contributed by atoms with Gasteiger partial charge in [-0.2, -0.15) is 8.78 Å². The van der Waals surface area contributed by atoms with Crippen molar-refractivity contribution in [2.24, 2.45) is 0 Å². The van der Waals surface area contributed by atoms with Crippen LogP contribution in [0.1, 0.15) is 11.3 Å². The lowest BCUT2D eigenvalue weighted by Gasteiger charge is -2.11. The first-order valence-electron chi connectivity index (χ1n) is 3.43. The van der Waals surface area contributed by atoms with Gasteiger partial charge in [-0.25, -0.2) is 4.39 Å². The molecule has 1 rings (SSSR count). The Balaban J connectivity index is 3.03. The third-order valence-electron chi connectivity index (χ3n) is 1.49. The quantitative estimate of drug-likeness (QED) is 0.672. The van der Waals surface area contributed by atoms with Gasteiger partial charge in [0.2, 0.25) is 0 Å². The van der Waals surface area contributed by atoms with E-state index in [0.29, 0.717) is 5.69 Å². The summed E-state index contributed by atoms with van der Waals surface area (Å²) in [4.78, 5) is 3.73. The average Bonchev–Trinajstić information content (AvgIpc) is 2.05. The van der Waals surface area contributed by atoms with E-state index in [1.165, 1.54) is 12.3 Å². The van der Waals surface area contributed by atoms with Crippen LogP contribution in [0.25, 0.3) is 0 Å². The predicted octanol–water partition coefficient (Wildman–Crippen LogP) is 2.45. The minimum Gasteiger partial charge on any atom is -0.262 e. The molecule has 0 fully saturated rings. The van der Waals surface area contributed by atoms with E-state index in [2.05, 4.69) is 4.98 Å². The van der Waals surface area contributed by atoms with Gasteiger partial charge in [0.15, 0.2) is 6.67 Å². The molecular weight excluding hydrogens is 167 g/mol. The number of halogens is 3. The molecule has 0 aliphatic heterocycles. The third kappa shape index (κ3) is 1.75. The van der Waals surface area contributed by atoms with Gasteiger partial charge in [-0.3, -0.25) is 4.98 Å². The van der Waals surface area contributed by atoms with Gasteiger partial charge in [0, 0.05) is 17.5 Å². The van der Waals surface area contributed by atoms with Crippen molar-refractivity contribution in [3.8, 4) is 0 Å². The molecule has 1 nitrogen and oxygen atoms in total. The summed E-state index contributed by atoms with van der Waals surface area (Å²) in [5, 5.41) is 0. The summed E-state index contributed by atoms with van der Waals surface area (Å²) in [6, 6.07) is 2.30. The molecule has 1 heterocycles. The Morgan fingerprint density at radius 1 is 1.50 bits per heavy atom. The van der Waals surface area contributed by atoms with Crippen LogP contribution in [-0.4, -0.2) is 11.7 Å². The minimum atomic E-state index is -3.38. The molecule has 66 valence electrons. The lowest BCUT2D eigenvalue weighted by Crippen LogP contribution is -2.15. The number of pyridine rings is 1. The summed E-state index contributed by atoms with van der Waals surface area (Å²) in [5.74, 6) is -3.38. The number of aryl methyl sites for hydroxylation is 1. The van der Waals surface area contributed by atoms with Crippen LogP contribution in [0.3, 0.4) is 0 Å². The molecule has 0 aliphatic carbocycles. The van der Waals surface area contributed by atoms with E-state index in [9.17, 15) is 13.2 Å². The molecule has 12 heavy (non-hydrogen) atoms. The van der Waals surface area contributed by atoms with Crippen molar-refractivity contribution < 1.29 is 13.2 Å². The van der Waals surface area contributed by atoms with Gasteiger partial charge in [-0.15, -0.1) is 0 Å². The number of hydrogen-bond acceptors (Lipinski definition) is 1. The lowest BCUT2D eigenvalue weighted by molar-refractivity contribution is -0.0282. The van der Waals surface area contributed by atoms with E-state index >= 15 is 0 Å². The largest absolute Gasteiger partial charge is 0.301 e. The van der Waals surface area contributed by atoms with Crippen molar-refractivity contribution in [1.82, 2.24) is 4.98 Å². The molecule has 0 amide bonds. The fraction of sp³-hybridized carbons (Fsp3) is 0.375. The Hall–Kier alpha value is -1.06. The SMILES string of the molecule is Cc1cc(C(F)(F)CF)ccn1. The molecular formula is C8H8F3N. The van der Waals surface area contributed by atoms with Crippen LogP contribution in [0.15, 0.2) is 18.3 Å². The molecule has 0 aromatic carbocycles. The number of rotatable bonds is 2. The second-order valence-corrected chi connectivity index (χ2v) is 2.52. The molecule has 0 atom stereocenters. The van der Waals surface area contributed by atoms with E-state index in [1.54, 1.807) is 6.92 Å². The highest BCUT2D eigenvalue weighted by Crippen LogP contribution is 2.27. The van der Waals surface area contributed by atoms with Gasteiger partial charge in [-0.05, 0) is 19.1 Å². The van der Waals surface area contributed by atoms with Crippen molar-refractivity contribution in [3.63, 3.8) is 0 Å². The van der Waals surface area contributed by atoms with Gasteiger partial charge in [0.1, 0.15) is 0 Å². The van der Waals surface area contributed by atoms with Crippen molar-refractivity contribution in [2.45, 2.75) is 12.8 Å². The first-order chi connectivity index (χ1) is 5.56. The topological polar surface area (TPSA) is 12.9 Å². The van der Waals surface area contributed by atoms with E-state index in [4.69, 9.17) is 0 Å². The summed E-state index contributed by atoms with van der Waals surface area (Å²) in [6.45, 7) is -0.0890. The molecule has 0 aliphatic rings. The van der Waals surface area contributed by atoms with Crippen LogP contribution in [0.5, 0.6) is 0 Å². The van der Waals surface area contributed by atoms with Crippen LogP contribution >= 0.6 is 0 Å². The molecule has 1 aromatic heterocycles. The highest BCUT2D eigenvalue weighted by Gasteiger charge is 2.31. The summed E-state index contributed by atoms with van der Waals surface area (Å²) >= 11 is 0. The van der Waals surface area contributed by atoms with Crippen molar-refractivity contribution in [1.29, 1.82) is 0 Å². The number of alkyl halides is 3. The number of nitrogens with zero attached hydrogens (tertiary/aromatic N) is 1. The molecule has 0 unspecified atom stereocenters. The zero-order valence-electron chi connectivity index (χ0n) is 6.52. The Morgan fingerprint density at radius 2 is 2.17 bits per heavy atom. The summed E-state index contributed by atoms with van der Waals surface area (Å²) in [6.07, 6.45) is 1.24. The molecule has 0 saturated carbocycles. The van der Waals surface area contributed by atoms with Gasteiger partial charge in [0.25, 0.3) is 0 Å². The Kier molecular flexibility index (Phi) is 2.35. The van der Waals surface area contributed by atoms with Crippen LogP contribution in [0.2, 0.25) is 0 Å². The zero-order chi connectivity index (χ0) is 9.19. The smallest absolute Gasteiger partial charge is 0.262 e. The van der Waals surface area contributed by atoms with Crippen LogP contribution < -0.4 is 0 Å². The van der Waals surface area contributed by atoms with Crippen LogP contribution in [-0.2, 0) is 5.92 Å². The summed E-state index contributed by atoms with van der Waals surface area (Å²) in [7, 11) is 0. The van der Waals surface area contributed by atoms with Gasteiger partial charge < -0.3 is 0 Å². The minimum absolute atomic E-state index is 0.322. The highest BCUT2D eigenvalue weighted by molar-refractivity contribution is 5.20. The summed E-state index contributed by atoms with van der Waals surface area (Å²) < 4.78 is 37.1. The van der Waals surface area contributed by atoms with Gasteiger partial charge in [-0.1, -0.05) is 0 Å². The monoisotopic (exact) mass is 175 g/mol. The second kappa shape index (κ2) is 3.13. The second-order valence-electron chi connectivity index (χ2n) is 2.52. The maximum Gasteiger partial charge on any atom is 0.301 e. The number of hydrogen-bond donors (Lipinski definition) is 0. The molecule has 4 heteroatoms. The molecule has 0 N–H and O–H groups in total. The first-order valence-corrected chi connectivity index (χ1v) is 3.43. The van der Waals surface area contributed by atoms with E-state index in [1.807, 2.05) is 0 Å². The maximum absolute atomic E-state index is 12.7. The summed E-state index contributed by atoms with van der Waals surface area (Å²) in [5.41, 5.74) is 0.137. The Morgan fingerprint density at radius 3 is 2.67 bits per heavy atom. The highest BCUT2D eigenvalue weighted by atomic mass is 19.3. The fourth-order valence-electron chi connectivity index (χ4n) is 0.850. The molecule has 0 spiro atoms. The predicted molar refractivity (Wildman–Crippen MR) is 38.8 cm³/mol. The molecule has 0 bridgehead atoms. The van der Waals surface area contributed by atoms with Crippen molar-refractivity contribution >= 4 is 0 Å². The standard InChI is InChI=1S/C8H8F3N/c1-6-4-7(2-3-12-6)8(10,11)5-9/h2-4H,5H2,1H3. The van der Waals surface area contributed by atoms with E-state index < -0.39 is 12.6 Å². The number of aromatic nitrogens is 1. The fourth-order valence-corrected chi connectivity index (χ4v) is 0.850. The maximum atomic E-state index is 12.7. The molecule has 1 aromatic rings. The molecule has 0 radical (unpaired) electrons. The normalized spacial score (nSPS) is 11.7. The third-order valence-corrected chi connectivity index (χ3v) is 1.49. The van der Waals surface area contributed by atoms with Crippen LogP contribution in [0, 0.1) is 6.92 Å². The average molecular weight is 175 g/mol. The van der Waals surface area contributed by atoms with Crippen LogP contribution in [0.4, 0.5) is 13.2 Å². The lowest BCUT2D eigenvalue weighted by atomic mass is 10.1. The molecule has 0 saturated heterocycles. The van der Waals surface area contributed by atoms with Crippen molar-refractivity contribution in [2.75, 3.05) is 6.67 Å². The van der Waals surface area contributed by atoms with Gasteiger partial charge in [0.05, 0.1) is 0 Å². The Labute approximate surface area is 68.2 Å².